The highest BCUT2D eigenvalue weighted by atomic mass is 32.1. The number of thiazole rings is 1. The second-order valence-electron chi connectivity index (χ2n) is 4.05. The molecule has 2 aromatic rings. The lowest BCUT2D eigenvalue weighted by atomic mass is 10.2. The lowest BCUT2D eigenvalue weighted by Gasteiger charge is -1.96. The number of nitrogens with zero attached hydrogens (tertiary/aromatic N) is 2. The molecule has 0 saturated carbocycles. The van der Waals surface area contributed by atoms with Crippen LogP contribution in [0.25, 0.3) is 10.6 Å². The lowest BCUT2D eigenvalue weighted by molar-refractivity contribution is 1.01. The van der Waals surface area contributed by atoms with Crippen LogP contribution in [0.15, 0.2) is 24.3 Å². The van der Waals surface area contributed by atoms with Gasteiger partial charge in [0.15, 0.2) is 0 Å². The molecule has 0 bridgehead atoms. The molecule has 0 unspecified atom stereocenters. The first-order valence-corrected chi connectivity index (χ1v) is 6.42. The molecule has 0 spiro atoms. The summed E-state index contributed by atoms with van der Waals surface area (Å²) >= 11 is 1.70. The summed E-state index contributed by atoms with van der Waals surface area (Å²) in [5, 5.41) is 9.66. The molecule has 1 aromatic heterocycles. The van der Waals surface area contributed by atoms with E-state index in [1.807, 2.05) is 6.92 Å². The molecule has 2 rings (SSSR count). The maximum Gasteiger partial charge on any atom is 0.123 e. The van der Waals surface area contributed by atoms with Crippen molar-refractivity contribution in [1.29, 1.82) is 5.26 Å². The summed E-state index contributed by atoms with van der Waals surface area (Å²) in [5.41, 5.74) is 3.47. The number of rotatable bonds is 3. The number of hydrogen-bond acceptors (Lipinski definition) is 3. The molecule has 17 heavy (non-hydrogen) atoms. The molecule has 0 aliphatic carbocycles. The molecular formula is C14H14N2S. The largest absolute Gasteiger partial charge is 0.241 e. The molecule has 0 saturated heterocycles. The molecule has 0 aliphatic heterocycles. The Kier molecular flexibility index (Phi) is 3.55. The van der Waals surface area contributed by atoms with Gasteiger partial charge in [0, 0.05) is 16.9 Å². The molecule has 0 radical (unpaired) electrons. The summed E-state index contributed by atoms with van der Waals surface area (Å²) in [7, 11) is 0. The van der Waals surface area contributed by atoms with E-state index >= 15 is 0 Å². The molecule has 1 heterocycles. The Bertz CT molecular complexity index is 547. The zero-order valence-corrected chi connectivity index (χ0v) is 10.8. The van der Waals surface area contributed by atoms with E-state index in [4.69, 9.17) is 5.26 Å². The number of hydrogen-bond donors (Lipinski definition) is 0. The molecule has 86 valence electrons. The van der Waals surface area contributed by atoms with Crippen molar-refractivity contribution in [3.8, 4) is 16.6 Å². The molecule has 0 atom stereocenters. The van der Waals surface area contributed by atoms with Crippen LogP contribution in [0.1, 0.15) is 22.6 Å². The van der Waals surface area contributed by atoms with E-state index < -0.39 is 0 Å². The average Bonchev–Trinajstić information content (AvgIpc) is 2.69. The summed E-state index contributed by atoms with van der Waals surface area (Å²) in [4.78, 5) is 5.80. The van der Waals surface area contributed by atoms with Gasteiger partial charge >= 0.3 is 0 Å². The van der Waals surface area contributed by atoms with Gasteiger partial charge in [0.05, 0.1) is 11.8 Å². The highest BCUT2D eigenvalue weighted by Crippen LogP contribution is 2.28. The number of aromatic nitrogens is 1. The second-order valence-corrected chi connectivity index (χ2v) is 5.14. The van der Waals surface area contributed by atoms with Crippen molar-refractivity contribution in [2.75, 3.05) is 0 Å². The van der Waals surface area contributed by atoms with Gasteiger partial charge in [-0.3, -0.25) is 0 Å². The Balaban J connectivity index is 2.28. The minimum atomic E-state index is 0.566. The summed E-state index contributed by atoms with van der Waals surface area (Å²) in [6.45, 7) is 4.09. The highest BCUT2D eigenvalue weighted by molar-refractivity contribution is 7.15. The predicted octanol–water partition coefficient (Wildman–Crippen LogP) is 3.88. The number of benzene rings is 1. The normalized spacial score (nSPS) is 10.2. The lowest BCUT2D eigenvalue weighted by Crippen LogP contribution is -1.82. The topological polar surface area (TPSA) is 36.7 Å². The number of aryl methyl sites for hydroxylation is 3. The van der Waals surface area contributed by atoms with Gasteiger partial charge in [0.25, 0.3) is 0 Å². The monoisotopic (exact) mass is 242 g/mol. The standard InChI is InChI=1S/C14H14N2S/c1-10-5-7-12(8-6-10)14-16-11(2)13(17-14)4-3-9-15/h5-8H,3-4H2,1-2H3. The third-order valence-corrected chi connectivity index (χ3v) is 3.92. The SMILES string of the molecule is Cc1ccc(-c2nc(C)c(CCC#N)s2)cc1. The zero-order valence-electron chi connectivity index (χ0n) is 10.0. The van der Waals surface area contributed by atoms with E-state index in [2.05, 4.69) is 42.2 Å². The fourth-order valence-corrected chi connectivity index (χ4v) is 2.72. The molecule has 0 fully saturated rings. The number of nitriles is 1. The Morgan fingerprint density at radius 2 is 1.94 bits per heavy atom. The van der Waals surface area contributed by atoms with Crippen LogP contribution in [-0.2, 0) is 6.42 Å². The van der Waals surface area contributed by atoms with Crippen LogP contribution in [0.2, 0.25) is 0 Å². The van der Waals surface area contributed by atoms with Crippen molar-refractivity contribution in [3.63, 3.8) is 0 Å². The zero-order chi connectivity index (χ0) is 12.3. The minimum Gasteiger partial charge on any atom is -0.241 e. The van der Waals surface area contributed by atoms with Crippen LogP contribution >= 0.6 is 11.3 Å². The van der Waals surface area contributed by atoms with E-state index in [1.165, 1.54) is 10.4 Å². The molecule has 2 nitrogen and oxygen atoms in total. The van der Waals surface area contributed by atoms with Crippen molar-refractivity contribution >= 4 is 11.3 Å². The van der Waals surface area contributed by atoms with Gasteiger partial charge in [-0.15, -0.1) is 11.3 Å². The van der Waals surface area contributed by atoms with E-state index in [1.54, 1.807) is 11.3 Å². The maximum absolute atomic E-state index is 8.61. The van der Waals surface area contributed by atoms with Crippen LogP contribution < -0.4 is 0 Å². The van der Waals surface area contributed by atoms with Gasteiger partial charge in [-0.05, 0) is 20.3 Å². The Morgan fingerprint density at radius 3 is 2.59 bits per heavy atom. The fraction of sp³-hybridized carbons (Fsp3) is 0.286. The highest BCUT2D eigenvalue weighted by Gasteiger charge is 2.08. The van der Waals surface area contributed by atoms with Gasteiger partial charge in [-0.25, -0.2) is 4.98 Å². The first kappa shape index (κ1) is 11.8. The first-order valence-electron chi connectivity index (χ1n) is 5.61. The molecule has 3 heteroatoms. The summed E-state index contributed by atoms with van der Waals surface area (Å²) in [5.74, 6) is 0. The van der Waals surface area contributed by atoms with Crippen LogP contribution in [0.4, 0.5) is 0 Å². The van der Waals surface area contributed by atoms with Crippen LogP contribution in [0.3, 0.4) is 0 Å². The predicted molar refractivity (Wildman–Crippen MR) is 71.0 cm³/mol. The Hall–Kier alpha value is -1.66. The fourth-order valence-electron chi connectivity index (χ4n) is 1.65. The molecule has 0 N–H and O–H groups in total. The summed E-state index contributed by atoms with van der Waals surface area (Å²) in [6.07, 6.45) is 1.38. The summed E-state index contributed by atoms with van der Waals surface area (Å²) < 4.78 is 0. The van der Waals surface area contributed by atoms with Gasteiger partial charge in [-0.1, -0.05) is 29.8 Å². The van der Waals surface area contributed by atoms with E-state index in [0.29, 0.717) is 6.42 Å². The van der Waals surface area contributed by atoms with Crippen LogP contribution in [0, 0.1) is 25.2 Å². The Labute approximate surface area is 106 Å². The maximum atomic E-state index is 8.61. The molecule has 0 amide bonds. The van der Waals surface area contributed by atoms with Gasteiger partial charge < -0.3 is 0 Å². The van der Waals surface area contributed by atoms with E-state index in [-0.39, 0.29) is 0 Å². The third-order valence-electron chi connectivity index (χ3n) is 2.66. The van der Waals surface area contributed by atoms with Crippen molar-refractivity contribution < 1.29 is 0 Å². The molecule has 1 aromatic carbocycles. The average molecular weight is 242 g/mol. The van der Waals surface area contributed by atoms with Crippen molar-refractivity contribution in [2.45, 2.75) is 26.7 Å². The third kappa shape index (κ3) is 2.72. The van der Waals surface area contributed by atoms with E-state index in [0.717, 1.165) is 22.7 Å². The van der Waals surface area contributed by atoms with Gasteiger partial charge in [0.2, 0.25) is 0 Å². The quantitative estimate of drug-likeness (QED) is 0.819. The molecule has 0 aliphatic rings. The molecular weight excluding hydrogens is 228 g/mol. The van der Waals surface area contributed by atoms with E-state index in [9.17, 15) is 0 Å². The first-order chi connectivity index (χ1) is 8.20. The minimum absolute atomic E-state index is 0.566. The van der Waals surface area contributed by atoms with Crippen molar-refractivity contribution in [1.82, 2.24) is 4.98 Å². The van der Waals surface area contributed by atoms with Crippen LogP contribution in [-0.4, -0.2) is 4.98 Å². The van der Waals surface area contributed by atoms with Crippen molar-refractivity contribution in [2.24, 2.45) is 0 Å². The second kappa shape index (κ2) is 5.11. The van der Waals surface area contributed by atoms with Crippen molar-refractivity contribution in [3.05, 3.63) is 40.4 Å². The van der Waals surface area contributed by atoms with Gasteiger partial charge in [0.1, 0.15) is 5.01 Å². The smallest absolute Gasteiger partial charge is 0.123 e. The van der Waals surface area contributed by atoms with Crippen LogP contribution in [0.5, 0.6) is 0 Å². The Morgan fingerprint density at radius 1 is 1.24 bits per heavy atom. The van der Waals surface area contributed by atoms with Gasteiger partial charge in [-0.2, -0.15) is 5.26 Å². The summed E-state index contributed by atoms with van der Waals surface area (Å²) in [6, 6.07) is 10.6.